The van der Waals surface area contributed by atoms with Crippen molar-refractivity contribution in [3.05, 3.63) is 88.9 Å². The third-order valence-electron chi connectivity index (χ3n) is 6.53. The number of nitrogens with one attached hydrogen (secondary N) is 2. The minimum absolute atomic E-state index is 0.103. The quantitative estimate of drug-likeness (QED) is 0.129. The summed E-state index contributed by atoms with van der Waals surface area (Å²) in [5, 5.41) is 56.4. The Hall–Kier alpha value is -3.55. The number of ether oxygens (including phenoxy) is 2. The molecule has 0 amide bonds. The summed E-state index contributed by atoms with van der Waals surface area (Å²) in [4.78, 5) is 24.1. The molecule has 12 heteroatoms. The van der Waals surface area contributed by atoms with E-state index in [2.05, 4.69) is 10.6 Å². The van der Waals surface area contributed by atoms with Crippen molar-refractivity contribution >= 4 is 29.2 Å². The predicted octanol–water partition coefficient (Wildman–Crippen LogP) is 1.79. The Morgan fingerprint density at radius 1 is 0.902 bits per heavy atom. The van der Waals surface area contributed by atoms with Gasteiger partial charge < -0.3 is 45.6 Å². The van der Waals surface area contributed by atoms with Crippen LogP contribution >= 0.6 is 11.6 Å². The van der Waals surface area contributed by atoms with Crippen LogP contribution in [0.2, 0.25) is 5.02 Å². The zero-order valence-electron chi connectivity index (χ0n) is 21.8. The van der Waals surface area contributed by atoms with Crippen molar-refractivity contribution in [1.29, 1.82) is 0 Å². The summed E-state index contributed by atoms with van der Waals surface area (Å²) in [6.07, 6.45) is -9.97. The molecule has 1 heterocycles. The molecule has 1 aliphatic heterocycles. The highest BCUT2D eigenvalue weighted by atomic mass is 35.5. The first kappa shape index (κ1) is 30.4. The molecule has 1 aliphatic rings. The Morgan fingerprint density at radius 2 is 1.61 bits per heavy atom. The van der Waals surface area contributed by atoms with Gasteiger partial charge in [0.05, 0.1) is 11.7 Å². The number of aliphatic hydroxyl groups is 4. The minimum atomic E-state index is -1.89. The number of aliphatic hydroxyl groups excluding tert-OH is 4. The average molecular weight is 587 g/mol. The zero-order valence-corrected chi connectivity index (χ0v) is 22.5. The monoisotopic (exact) mass is 586 g/mol. The smallest absolute Gasteiger partial charge is 0.340 e. The number of esters is 1. The molecule has 7 N–H and O–H groups in total. The third-order valence-corrected chi connectivity index (χ3v) is 6.77. The normalized spacial score (nSPS) is 23.0. The van der Waals surface area contributed by atoms with Crippen molar-refractivity contribution in [2.45, 2.75) is 36.8 Å². The SMILES string of the molecule is O=C(O[C@@H]1O[C@H](C(=O)O)[C@@H](O)C(O)[C@H]1O)c1cccc(-c2cccc(NCCNC[C@H](O)c3cccc(Cl)c3)c2)c1. The molecule has 0 spiro atoms. The fourth-order valence-corrected chi connectivity index (χ4v) is 4.52. The molecule has 0 aliphatic carbocycles. The number of aliphatic carboxylic acids is 1. The number of benzene rings is 3. The van der Waals surface area contributed by atoms with Crippen molar-refractivity contribution in [2.24, 2.45) is 0 Å². The molecule has 3 aromatic carbocycles. The van der Waals surface area contributed by atoms with Gasteiger partial charge in [-0.15, -0.1) is 0 Å². The molecule has 218 valence electrons. The highest BCUT2D eigenvalue weighted by Crippen LogP contribution is 2.26. The number of carbonyl (C=O) groups is 2. The second kappa shape index (κ2) is 13.9. The molecule has 1 fully saturated rings. The van der Waals surface area contributed by atoms with Crippen LogP contribution in [0.5, 0.6) is 0 Å². The first-order valence-corrected chi connectivity index (χ1v) is 13.2. The van der Waals surface area contributed by atoms with Crippen LogP contribution in [-0.2, 0) is 14.3 Å². The third kappa shape index (κ3) is 7.80. The summed E-state index contributed by atoms with van der Waals surface area (Å²) in [6, 6.07) is 21.1. The fraction of sp³-hybridized carbons (Fsp3) is 0.310. The summed E-state index contributed by atoms with van der Waals surface area (Å²) in [5.41, 5.74) is 3.16. The van der Waals surface area contributed by atoms with Crippen LogP contribution < -0.4 is 10.6 Å². The highest BCUT2D eigenvalue weighted by molar-refractivity contribution is 6.30. The number of carboxylic acids is 1. The summed E-state index contributed by atoms with van der Waals surface area (Å²) < 4.78 is 10.2. The van der Waals surface area contributed by atoms with Crippen LogP contribution in [0.3, 0.4) is 0 Å². The van der Waals surface area contributed by atoms with E-state index >= 15 is 0 Å². The lowest BCUT2D eigenvalue weighted by molar-refractivity contribution is -0.278. The Labute approximate surface area is 240 Å². The van der Waals surface area contributed by atoms with Gasteiger partial charge in [0.15, 0.2) is 6.10 Å². The molecule has 1 saturated heterocycles. The van der Waals surface area contributed by atoms with Gasteiger partial charge >= 0.3 is 11.9 Å². The van der Waals surface area contributed by atoms with Crippen molar-refractivity contribution in [2.75, 3.05) is 25.0 Å². The van der Waals surface area contributed by atoms with Crippen molar-refractivity contribution < 1.29 is 44.6 Å². The van der Waals surface area contributed by atoms with E-state index in [1.165, 1.54) is 6.07 Å². The molecule has 6 atom stereocenters. The van der Waals surface area contributed by atoms with E-state index in [0.29, 0.717) is 30.2 Å². The lowest BCUT2D eigenvalue weighted by Crippen LogP contribution is -2.60. The predicted molar refractivity (Wildman–Crippen MR) is 149 cm³/mol. The van der Waals surface area contributed by atoms with E-state index in [4.69, 9.17) is 21.1 Å². The van der Waals surface area contributed by atoms with E-state index in [1.54, 1.807) is 36.4 Å². The summed E-state index contributed by atoms with van der Waals surface area (Å²) in [5.74, 6) is -2.49. The van der Waals surface area contributed by atoms with Crippen LogP contribution in [0.25, 0.3) is 11.1 Å². The molecule has 0 aromatic heterocycles. The minimum Gasteiger partial charge on any atom is -0.479 e. The van der Waals surface area contributed by atoms with Crippen LogP contribution in [-0.4, -0.2) is 87.8 Å². The topological polar surface area (TPSA) is 178 Å². The van der Waals surface area contributed by atoms with Gasteiger partial charge in [-0.25, -0.2) is 9.59 Å². The van der Waals surface area contributed by atoms with Gasteiger partial charge in [0.25, 0.3) is 0 Å². The van der Waals surface area contributed by atoms with Crippen LogP contribution in [0, 0.1) is 0 Å². The first-order chi connectivity index (χ1) is 19.6. The van der Waals surface area contributed by atoms with Gasteiger partial charge in [0.2, 0.25) is 6.29 Å². The number of hydrogen-bond acceptors (Lipinski definition) is 10. The summed E-state index contributed by atoms with van der Waals surface area (Å²) in [7, 11) is 0. The van der Waals surface area contributed by atoms with E-state index in [9.17, 15) is 35.1 Å². The number of anilines is 1. The van der Waals surface area contributed by atoms with E-state index in [-0.39, 0.29) is 5.56 Å². The van der Waals surface area contributed by atoms with Crippen LogP contribution in [0.15, 0.2) is 72.8 Å². The van der Waals surface area contributed by atoms with Crippen LogP contribution in [0.1, 0.15) is 22.0 Å². The second-order valence-corrected chi connectivity index (χ2v) is 9.94. The molecule has 41 heavy (non-hydrogen) atoms. The van der Waals surface area contributed by atoms with Gasteiger partial charge in [-0.2, -0.15) is 0 Å². The fourth-order valence-electron chi connectivity index (χ4n) is 4.32. The molecule has 4 rings (SSSR count). The van der Waals surface area contributed by atoms with Gasteiger partial charge in [-0.3, -0.25) is 0 Å². The Balaban J connectivity index is 1.32. The Morgan fingerprint density at radius 3 is 2.34 bits per heavy atom. The van der Waals surface area contributed by atoms with E-state index < -0.39 is 48.7 Å². The molecular formula is C29H31ClN2O9. The van der Waals surface area contributed by atoms with Gasteiger partial charge in [0.1, 0.15) is 18.3 Å². The second-order valence-electron chi connectivity index (χ2n) is 9.50. The lowest BCUT2D eigenvalue weighted by Gasteiger charge is -2.37. The lowest BCUT2D eigenvalue weighted by atomic mass is 9.99. The summed E-state index contributed by atoms with van der Waals surface area (Å²) in [6.45, 7) is 1.54. The Kier molecular flexibility index (Phi) is 10.3. The number of carboxylic acid groups (broad SMARTS) is 1. The maximum atomic E-state index is 12.8. The molecule has 11 nitrogen and oxygen atoms in total. The van der Waals surface area contributed by atoms with Crippen molar-refractivity contribution in [3.63, 3.8) is 0 Å². The maximum Gasteiger partial charge on any atom is 0.340 e. The average Bonchev–Trinajstić information content (AvgIpc) is 2.97. The first-order valence-electron chi connectivity index (χ1n) is 12.9. The molecule has 3 aromatic rings. The highest BCUT2D eigenvalue weighted by Gasteiger charge is 2.48. The summed E-state index contributed by atoms with van der Waals surface area (Å²) >= 11 is 5.98. The van der Waals surface area contributed by atoms with Crippen LogP contribution in [0.4, 0.5) is 5.69 Å². The Bertz CT molecular complexity index is 1360. The molecule has 0 bridgehead atoms. The van der Waals surface area contributed by atoms with E-state index in [0.717, 1.165) is 16.8 Å². The number of carbonyl (C=O) groups excluding carboxylic acids is 1. The number of halogens is 1. The molecule has 0 radical (unpaired) electrons. The number of hydrogen-bond donors (Lipinski definition) is 7. The molecule has 0 saturated carbocycles. The van der Waals surface area contributed by atoms with Crippen molar-refractivity contribution in [3.8, 4) is 11.1 Å². The van der Waals surface area contributed by atoms with E-state index in [1.807, 2.05) is 30.3 Å². The molecular weight excluding hydrogens is 556 g/mol. The molecule has 1 unspecified atom stereocenters. The zero-order chi connectivity index (χ0) is 29.5. The van der Waals surface area contributed by atoms with Gasteiger partial charge in [0, 0.05) is 30.3 Å². The van der Waals surface area contributed by atoms with Gasteiger partial charge in [-0.1, -0.05) is 48.0 Å². The largest absolute Gasteiger partial charge is 0.479 e. The maximum absolute atomic E-state index is 12.8. The number of rotatable bonds is 11. The van der Waals surface area contributed by atoms with Gasteiger partial charge in [-0.05, 0) is 53.1 Å². The van der Waals surface area contributed by atoms with Crippen molar-refractivity contribution in [1.82, 2.24) is 5.32 Å². The standard InChI is InChI=1S/C29H31ClN2O9/c30-20-8-2-6-18(13-20)22(33)15-31-10-11-32-21-9-3-5-17(14-21)16-4-1-7-19(12-16)28(39)41-29-25(36)23(34)24(35)26(40-29)27(37)38/h1-9,12-14,22-26,29,31-36H,10-11,15H2,(H,37,38)/t22-,23?,24-,25+,26-,29-/m0/s1.